The predicted molar refractivity (Wildman–Crippen MR) is 59.7 cm³/mol. The third kappa shape index (κ3) is 1.82. The first kappa shape index (κ1) is 10.7. The number of carbonyl (C=O) groups is 1. The molecule has 0 bridgehead atoms. The lowest BCUT2D eigenvalue weighted by Crippen LogP contribution is -2.25. The summed E-state index contributed by atoms with van der Waals surface area (Å²) in [5.41, 5.74) is 2.03. The van der Waals surface area contributed by atoms with Crippen molar-refractivity contribution in [1.29, 1.82) is 0 Å². The second-order valence-electron chi connectivity index (χ2n) is 4.85. The fraction of sp³-hybridized carbons (Fsp3) is 0.727. The van der Waals surface area contributed by atoms with Crippen molar-refractivity contribution in [2.24, 2.45) is 5.92 Å². The van der Waals surface area contributed by atoms with E-state index in [-0.39, 0.29) is 5.92 Å². The van der Waals surface area contributed by atoms with Gasteiger partial charge in [0.05, 0.1) is 23.3 Å². The number of carboxylic acid groups (broad SMARTS) is 1. The van der Waals surface area contributed by atoms with Crippen molar-refractivity contribution in [3.63, 3.8) is 0 Å². The number of carboxylic acids is 1. The summed E-state index contributed by atoms with van der Waals surface area (Å²) in [6.07, 6.45) is 3.05. The van der Waals surface area contributed by atoms with Crippen molar-refractivity contribution >= 4 is 5.97 Å². The fourth-order valence-electron chi connectivity index (χ4n) is 2.75. The number of nitrogens with zero attached hydrogens (tertiary/aromatic N) is 3. The van der Waals surface area contributed by atoms with Crippen LogP contribution in [0.4, 0.5) is 0 Å². The van der Waals surface area contributed by atoms with Gasteiger partial charge in [-0.1, -0.05) is 5.21 Å². The van der Waals surface area contributed by atoms with Gasteiger partial charge in [-0.15, -0.1) is 5.10 Å². The molecule has 0 spiro atoms. The highest BCUT2D eigenvalue weighted by Crippen LogP contribution is 2.27. The summed E-state index contributed by atoms with van der Waals surface area (Å²) in [7, 11) is 0. The van der Waals surface area contributed by atoms with E-state index < -0.39 is 5.97 Å². The highest BCUT2D eigenvalue weighted by molar-refractivity contribution is 5.70. The molecule has 1 aliphatic carbocycles. The Bertz CT molecular complexity index is 437. The van der Waals surface area contributed by atoms with Crippen molar-refractivity contribution in [1.82, 2.24) is 20.3 Å². The molecule has 0 aromatic carbocycles. The normalized spacial score (nSPS) is 28.0. The highest BCUT2D eigenvalue weighted by atomic mass is 16.4. The molecule has 1 saturated heterocycles. The maximum atomic E-state index is 11.1. The van der Waals surface area contributed by atoms with Crippen LogP contribution in [0.2, 0.25) is 0 Å². The van der Waals surface area contributed by atoms with Gasteiger partial charge in [-0.2, -0.15) is 0 Å². The SMILES string of the molecule is O=C(O)[C@H]1CCc2nnn([C@H]3CCNC3)c2C1. The zero-order valence-corrected chi connectivity index (χ0v) is 9.59. The van der Waals surface area contributed by atoms with Crippen molar-refractivity contribution in [3.8, 4) is 0 Å². The summed E-state index contributed by atoms with van der Waals surface area (Å²) in [6, 6.07) is 0.346. The zero-order chi connectivity index (χ0) is 11.8. The summed E-state index contributed by atoms with van der Waals surface area (Å²) in [6.45, 7) is 1.91. The zero-order valence-electron chi connectivity index (χ0n) is 9.59. The minimum absolute atomic E-state index is 0.269. The standard InChI is InChI=1S/C11H16N4O2/c16-11(17)7-1-2-9-10(5-7)15(14-13-9)8-3-4-12-6-8/h7-8,12H,1-6H2,(H,16,17)/t7-,8-/m0/s1. The Kier molecular flexibility index (Phi) is 2.58. The summed E-state index contributed by atoms with van der Waals surface area (Å²) in [4.78, 5) is 11.1. The van der Waals surface area contributed by atoms with E-state index >= 15 is 0 Å². The van der Waals surface area contributed by atoms with E-state index in [1.807, 2.05) is 4.68 Å². The van der Waals surface area contributed by atoms with Gasteiger partial charge in [0, 0.05) is 13.0 Å². The number of hydrogen-bond acceptors (Lipinski definition) is 4. The molecule has 1 fully saturated rings. The number of fused-ring (bicyclic) bond motifs is 1. The van der Waals surface area contributed by atoms with Crippen LogP contribution < -0.4 is 5.32 Å². The van der Waals surface area contributed by atoms with Gasteiger partial charge in [0.1, 0.15) is 0 Å². The highest BCUT2D eigenvalue weighted by Gasteiger charge is 2.31. The third-order valence-corrected chi connectivity index (χ3v) is 3.77. The molecule has 0 unspecified atom stereocenters. The van der Waals surface area contributed by atoms with Crippen LogP contribution in [0.3, 0.4) is 0 Å². The van der Waals surface area contributed by atoms with E-state index in [0.717, 1.165) is 37.3 Å². The Morgan fingerprint density at radius 2 is 2.35 bits per heavy atom. The molecule has 2 aliphatic rings. The maximum Gasteiger partial charge on any atom is 0.306 e. The molecule has 3 rings (SSSR count). The molecule has 0 saturated carbocycles. The fourth-order valence-corrected chi connectivity index (χ4v) is 2.75. The predicted octanol–water partition coefficient (Wildman–Crippen LogP) is 0.00200. The molecular weight excluding hydrogens is 220 g/mol. The first-order valence-electron chi connectivity index (χ1n) is 6.12. The molecule has 6 heteroatoms. The molecule has 1 aromatic rings. The van der Waals surface area contributed by atoms with Crippen LogP contribution >= 0.6 is 0 Å². The van der Waals surface area contributed by atoms with Gasteiger partial charge in [0.25, 0.3) is 0 Å². The summed E-state index contributed by atoms with van der Waals surface area (Å²) < 4.78 is 1.95. The average Bonchev–Trinajstić information content (AvgIpc) is 2.96. The Morgan fingerprint density at radius 1 is 1.47 bits per heavy atom. The molecule has 92 valence electrons. The second kappa shape index (κ2) is 4.10. The monoisotopic (exact) mass is 236 g/mol. The first-order chi connectivity index (χ1) is 8.25. The summed E-state index contributed by atoms with van der Waals surface area (Å²) in [5.74, 6) is -0.970. The molecule has 6 nitrogen and oxygen atoms in total. The molecule has 1 aromatic heterocycles. The minimum Gasteiger partial charge on any atom is -0.481 e. The van der Waals surface area contributed by atoms with Gasteiger partial charge in [-0.05, 0) is 25.8 Å². The van der Waals surface area contributed by atoms with E-state index in [9.17, 15) is 4.79 Å². The van der Waals surface area contributed by atoms with Gasteiger partial charge < -0.3 is 10.4 Å². The van der Waals surface area contributed by atoms with Crippen LogP contribution in [-0.2, 0) is 17.6 Å². The topological polar surface area (TPSA) is 80.0 Å². The van der Waals surface area contributed by atoms with Crippen molar-refractivity contribution in [3.05, 3.63) is 11.4 Å². The number of aromatic nitrogens is 3. The van der Waals surface area contributed by atoms with Crippen LogP contribution in [0.1, 0.15) is 30.3 Å². The largest absolute Gasteiger partial charge is 0.481 e. The van der Waals surface area contributed by atoms with Crippen LogP contribution in [0.25, 0.3) is 0 Å². The van der Waals surface area contributed by atoms with Crippen LogP contribution in [0.5, 0.6) is 0 Å². The summed E-state index contributed by atoms with van der Waals surface area (Å²) in [5, 5.41) is 20.8. The van der Waals surface area contributed by atoms with Crippen molar-refractivity contribution < 1.29 is 9.90 Å². The third-order valence-electron chi connectivity index (χ3n) is 3.77. The van der Waals surface area contributed by atoms with Gasteiger partial charge >= 0.3 is 5.97 Å². The lowest BCUT2D eigenvalue weighted by atomic mass is 9.89. The number of aliphatic carboxylic acids is 1. The second-order valence-corrected chi connectivity index (χ2v) is 4.85. The molecule has 0 radical (unpaired) electrons. The Morgan fingerprint density at radius 3 is 3.06 bits per heavy atom. The number of nitrogens with one attached hydrogen (secondary N) is 1. The summed E-state index contributed by atoms with van der Waals surface area (Å²) >= 11 is 0. The van der Waals surface area contributed by atoms with Gasteiger partial charge in [-0.3, -0.25) is 4.79 Å². The minimum atomic E-state index is -0.701. The van der Waals surface area contributed by atoms with Crippen LogP contribution in [0, 0.1) is 5.92 Å². The molecule has 2 heterocycles. The van der Waals surface area contributed by atoms with Crippen molar-refractivity contribution in [2.75, 3.05) is 13.1 Å². The number of rotatable bonds is 2. The molecule has 2 atom stereocenters. The van der Waals surface area contributed by atoms with Crippen molar-refractivity contribution in [2.45, 2.75) is 31.7 Å². The number of aryl methyl sites for hydroxylation is 1. The van der Waals surface area contributed by atoms with E-state index in [1.165, 1.54) is 0 Å². The lowest BCUT2D eigenvalue weighted by molar-refractivity contribution is -0.142. The van der Waals surface area contributed by atoms with E-state index in [2.05, 4.69) is 15.6 Å². The Hall–Kier alpha value is -1.43. The Labute approximate surface area is 99.0 Å². The molecular formula is C11H16N4O2. The van der Waals surface area contributed by atoms with E-state index in [0.29, 0.717) is 18.9 Å². The molecule has 1 aliphatic heterocycles. The Balaban J connectivity index is 1.88. The van der Waals surface area contributed by atoms with Gasteiger partial charge in [0.2, 0.25) is 0 Å². The molecule has 17 heavy (non-hydrogen) atoms. The van der Waals surface area contributed by atoms with Crippen LogP contribution in [-0.4, -0.2) is 39.2 Å². The van der Waals surface area contributed by atoms with E-state index in [4.69, 9.17) is 5.11 Å². The number of hydrogen-bond donors (Lipinski definition) is 2. The van der Waals surface area contributed by atoms with Crippen LogP contribution in [0.15, 0.2) is 0 Å². The van der Waals surface area contributed by atoms with E-state index in [1.54, 1.807) is 0 Å². The maximum absolute atomic E-state index is 11.1. The average molecular weight is 236 g/mol. The smallest absolute Gasteiger partial charge is 0.306 e. The quantitative estimate of drug-likeness (QED) is 0.755. The molecule has 2 N–H and O–H groups in total. The van der Waals surface area contributed by atoms with Gasteiger partial charge in [-0.25, -0.2) is 4.68 Å². The van der Waals surface area contributed by atoms with Gasteiger partial charge in [0.15, 0.2) is 0 Å². The lowest BCUT2D eigenvalue weighted by Gasteiger charge is -2.20. The molecule has 0 amide bonds. The first-order valence-corrected chi connectivity index (χ1v) is 6.12.